The van der Waals surface area contributed by atoms with Crippen molar-refractivity contribution in [1.82, 2.24) is 14.9 Å². The minimum Gasteiger partial charge on any atom is -0.460 e. The molecule has 0 radical (unpaired) electrons. The van der Waals surface area contributed by atoms with Gasteiger partial charge in [0, 0.05) is 25.1 Å². The van der Waals surface area contributed by atoms with Crippen molar-refractivity contribution in [2.45, 2.75) is 30.8 Å². The Morgan fingerprint density at radius 3 is 2.79 bits per heavy atom. The number of nitrogens with one attached hydrogen (secondary N) is 1. The highest BCUT2D eigenvalue weighted by molar-refractivity contribution is 7.98. The van der Waals surface area contributed by atoms with Gasteiger partial charge in [0.05, 0.1) is 23.4 Å². The fourth-order valence-electron chi connectivity index (χ4n) is 3.46. The zero-order chi connectivity index (χ0) is 20.6. The summed E-state index contributed by atoms with van der Waals surface area (Å²) in [5.74, 6) is 0.722. The van der Waals surface area contributed by atoms with Gasteiger partial charge in [-0.05, 0) is 24.5 Å². The van der Waals surface area contributed by atoms with Crippen molar-refractivity contribution in [3.8, 4) is 11.3 Å². The molecule has 0 saturated carbocycles. The van der Waals surface area contributed by atoms with Gasteiger partial charge in [-0.15, -0.1) is 0 Å². The average molecular weight is 421 g/mol. The van der Waals surface area contributed by atoms with Crippen molar-refractivity contribution in [2.75, 3.05) is 12.8 Å². The van der Waals surface area contributed by atoms with Gasteiger partial charge < -0.3 is 9.40 Å². The topological polar surface area (TPSA) is 62.1 Å². The summed E-state index contributed by atoms with van der Waals surface area (Å²) in [5.41, 5.74) is 0.565. The third-order valence-corrected chi connectivity index (χ3v) is 5.44. The molecule has 3 heterocycles. The van der Waals surface area contributed by atoms with Crippen LogP contribution in [0.2, 0.25) is 0 Å². The van der Waals surface area contributed by atoms with Crippen molar-refractivity contribution in [1.29, 1.82) is 0 Å². The van der Waals surface area contributed by atoms with Crippen LogP contribution in [0.3, 0.4) is 0 Å². The molecule has 1 aliphatic rings. The lowest BCUT2D eigenvalue weighted by molar-refractivity contribution is -0.137. The summed E-state index contributed by atoms with van der Waals surface area (Å²) in [6.45, 7) is 1.51. The Morgan fingerprint density at radius 2 is 2.03 bits per heavy atom. The number of thioether (sulfide) groups is 1. The monoisotopic (exact) mass is 421 g/mol. The predicted octanol–water partition coefficient (Wildman–Crippen LogP) is 4.33. The van der Waals surface area contributed by atoms with Crippen LogP contribution < -0.4 is 5.56 Å². The van der Waals surface area contributed by atoms with Crippen LogP contribution >= 0.6 is 11.8 Å². The summed E-state index contributed by atoms with van der Waals surface area (Å²) < 4.78 is 45.5. The van der Waals surface area contributed by atoms with Crippen molar-refractivity contribution in [3.05, 3.63) is 69.3 Å². The fourth-order valence-corrected chi connectivity index (χ4v) is 3.86. The number of aromatic amines is 1. The molecule has 0 atom stereocenters. The maximum atomic E-state index is 13.3. The highest BCUT2D eigenvalue weighted by Gasteiger charge is 2.34. The lowest BCUT2D eigenvalue weighted by atomic mass is 10.1. The number of nitrogens with zero attached hydrogens (tertiary/aromatic N) is 2. The van der Waals surface area contributed by atoms with E-state index in [-0.39, 0.29) is 16.9 Å². The van der Waals surface area contributed by atoms with Gasteiger partial charge in [0.1, 0.15) is 11.5 Å². The molecule has 0 fully saturated rings. The Hall–Kier alpha value is -2.52. The number of furan rings is 1. The van der Waals surface area contributed by atoms with E-state index in [1.807, 2.05) is 11.2 Å². The van der Waals surface area contributed by atoms with Crippen LogP contribution in [0.5, 0.6) is 0 Å². The molecule has 152 valence electrons. The predicted molar refractivity (Wildman–Crippen MR) is 104 cm³/mol. The van der Waals surface area contributed by atoms with Gasteiger partial charge in [-0.2, -0.15) is 13.2 Å². The fraction of sp³-hybridized carbons (Fsp3) is 0.300. The SMILES string of the molecule is CSc1nc2c(c(=O)[nH]1)CN(Cc1ccc(-c3ccccc3C(F)(F)F)o1)CC2. The molecule has 2 aromatic heterocycles. The molecule has 3 aromatic rings. The molecule has 1 aliphatic heterocycles. The van der Waals surface area contributed by atoms with Crippen LogP contribution in [0.4, 0.5) is 13.2 Å². The first-order valence-electron chi connectivity index (χ1n) is 8.99. The first kappa shape index (κ1) is 19.8. The van der Waals surface area contributed by atoms with Gasteiger partial charge in [-0.25, -0.2) is 4.98 Å². The molecular weight excluding hydrogens is 403 g/mol. The highest BCUT2D eigenvalue weighted by atomic mass is 32.2. The van der Waals surface area contributed by atoms with Crippen LogP contribution in [0.1, 0.15) is 22.6 Å². The quantitative estimate of drug-likeness (QED) is 0.502. The first-order valence-corrected chi connectivity index (χ1v) is 10.2. The van der Waals surface area contributed by atoms with Crippen LogP contribution in [0, 0.1) is 0 Å². The van der Waals surface area contributed by atoms with E-state index in [1.165, 1.54) is 23.9 Å². The van der Waals surface area contributed by atoms with Gasteiger partial charge in [0.25, 0.3) is 5.56 Å². The summed E-state index contributed by atoms with van der Waals surface area (Å²) in [6, 6.07) is 8.58. The Bertz CT molecular complexity index is 1090. The Labute approximate surface area is 169 Å². The van der Waals surface area contributed by atoms with Gasteiger partial charge in [-0.1, -0.05) is 30.0 Å². The number of rotatable bonds is 4. The third-order valence-electron chi connectivity index (χ3n) is 4.86. The number of H-pyrrole nitrogens is 1. The zero-order valence-corrected chi connectivity index (χ0v) is 16.4. The van der Waals surface area contributed by atoms with E-state index in [9.17, 15) is 18.0 Å². The minimum atomic E-state index is -4.45. The van der Waals surface area contributed by atoms with Gasteiger partial charge in [0.2, 0.25) is 0 Å². The number of benzene rings is 1. The molecule has 29 heavy (non-hydrogen) atoms. The molecule has 4 rings (SSSR count). The summed E-state index contributed by atoms with van der Waals surface area (Å²) in [7, 11) is 0. The lowest BCUT2D eigenvalue weighted by Crippen LogP contribution is -2.35. The number of hydrogen-bond acceptors (Lipinski definition) is 5. The van der Waals surface area contributed by atoms with E-state index in [4.69, 9.17) is 4.42 Å². The molecule has 0 aliphatic carbocycles. The number of alkyl halides is 3. The van der Waals surface area contributed by atoms with E-state index in [0.29, 0.717) is 42.5 Å². The van der Waals surface area contributed by atoms with E-state index in [1.54, 1.807) is 18.2 Å². The molecule has 5 nitrogen and oxygen atoms in total. The average Bonchev–Trinajstić information content (AvgIpc) is 3.16. The molecule has 0 bridgehead atoms. The number of aromatic nitrogens is 2. The first-order chi connectivity index (χ1) is 13.8. The van der Waals surface area contributed by atoms with E-state index in [2.05, 4.69) is 9.97 Å². The Balaban J connectivity index is 1.54. The molecule has 9 heteroatoms. The maximum Gasteiger partial charge on any atom is 0.417 e. The second-order valence-electron chi connectivity index (χ2n) is 6.77. The summed E-state index contributed by atoms with van der Waals surface area (Å²) in [4.78, 5) is 21.5. The largest absolute Gasteiger partial charge is 0.460 e. The Kier molecular flexibility index (Phi) is 5.26. The minimum absolute atomic E-state index is 0.0143. The lowest BCUT2D eigenvalue weighted by Gasteiger charge is -2.26. The normalized spacial score (nSPS) is 14.8. The molecule has 1 N–H and O–H groups in total. The van der Waals surface area contributed by atoms with Crippen molar-refractivity contribution < 1.29 is 17.6 Å². The zero-order valence-electron chi connectivity index (χ0n) is 15.5. The van der Waals surface area contributed by atoms with E-state index in [0.717, 1.165) is 11.8 Å². The molecule has 0 amide bonds. The molecule has 0 spiro atoms. The molecular formula is C20H18F3N3O2S. The summed E-state index contributed by atoms with van der Waals surface area (Å²) in [5, 5.41) is 0.598. The van der Waals surface area contributed by atoms with Crippen LogP contribution in [-0.2, 0) is 25.7 Å². The van der Waals surface area contributed by atoms with Gasteiger partial charge >= 0.3 is 6.18 Å². The summed E-state index contributed by atoms with van der Waals surface area (Å²) >= 11 is 1.39. The van der Waals surface area contributed by atoms with Crippen molar-refractivity contribution >= 4 is 11.8 Å². The standard InChI is InChI=1S/C20H18F3N3O2S/c1-29-19-24-16-8-9-26(11-14(16)18(27)25-19)10-12-6-7-17(28-12)13-4-2-3-5-15(13)20(21,22)23/h2-7H,8-11H2,1H3,(H,24,25,27). The number of hydrogen-bond donors (Lipinski definition) is 1. The number of halogens is 3. The van der Waals surface area contributed by atoms with Crippen LogP contribution in [-0.4, -0.2) is 27.7 Å². The summed E-state index contributed by atoms with van der Waals surface area (Å²) in [6.07, 6.45) is -1.97. The Morgan fingerprint density at radius 1 is 1.24 bits per heavy atom. The highest BCUT2D eigenvalue weighted by Crippen LogP contribution is 2.37. The second kappa shape index (κ2) is 7.72. The van der Waals surface area contributed by atoms with E-state index < -0.39 is 11.7 Å². The maximum absolute atomic E-state index is 13.3. The molecule has 0 saturated heterocycles. The van der Waals surface area contributed by atoms with Gasteiger partial charge in [0.15, 0.2) is 5.16 Å². The second-order valence-corrected chi connectivity index (χ2v) is 7.57. The van der Waals surface area contributed by atoms with Crippen LogP contribution in [0.25, 0.3) is 11.3 Å². The van der Waals surface area contributed by atoms with Gasteiger partial charge in [-0.3, -0.25) is 9.69 Å². The number of fused-ring (bicyclic) bond motifs is 1. The van der Waals surface area contributed by atoms with Crippen LogP contribution in [0.15, 0.2) is 50.8 Å². The third kappa shape index (κ3) is 4.11. The smallest absolute Gasteiger partial charge is 0.417 e. The molecule has 1 aromatic carbocycles. The molecule has 0 unspecified atom stereocenters. The van der Waals surface area contributed by atoms with Crippen molar-refractivity contribution in [2.24, 2.45) is 0 Å². The van der Waals surface area contributed by atoms with Crippen molar-refractivity contribution in [3.63, 3.8) is 0 Å². The van der Waals surface area contributed by atoms with E-state index >= 15 is 0 Å².